The fourth-order valence-electron chi connectivity index (χ4n) is 2.01. The second kappa shape index (κ2) is 6.30. The zero-order valence-electron chi connectivity index (χ0n) is 12.0. The Labute approximate surface area is 126 Å². The van der Waals surface area contributed by atoms with Crippen LogP contribution in [0.25, 0.3) is 6.08 Å². The van der Waals surface area contributed by atoms with Gasteiger partial charge in [0.2, 0.25) is 0 Å². The minimum atomic E-state index is -0.782. The Balaban J connectivity index is 2.32. The van der Waals surface area contributed by atoms with E-state index in [0.717, 1.165) is 11.3 Å². The summed E-state index contributed by atoms with van der Waals surface area (Å²) < 4.78 is 0. The average molecular weight is 304 g/mol. The fraction of sp³-hybridized carbons (Fsp3) is 0.267. The SMILES string of the molecule is CCCCN1C(=O)NC(=O)/C(=C\c2ccc(O)c(O)c2)C1=O. The maximum Gasteiger partial charge on any atom is 0.331 e. The van der Waals surface area contributed by atoms with Gasteiger partial charge in [-0.1, -0.05) is 19.4 Å². The fourth-order valence-corrected chi connectivity index (χ4v) is 2.01. The molecule has 0 atom stereocenters. The topological polar surface area (TPSA) is 107 Å². The molecule has 2 rings (SSSR count). The summed E-state index contributed by atoms with van der Waals surface area (Å²) in [6, 6.07) is 3.17. The number of aromatic hydroxyl groups is 2. The summed E-state index contributed by atoms with van der Waals surface area (Å²) in [5.41, 5.74) is 0.166. The lowest BCUT2D eigenvalue weighted by Gasteiger charge is -2.26. The van der Waals surface area contributed by atoms with Crippen LogP contribution < -0.4 is 5.32 Å². The molecule has 0 unspecified atom stereocenters. The van der Waals surface area contributed by atoms with Crippen molar-refractivity contribution in [1.82, 2.24) is 10.2 Å². The van der Waals surface area contributed by atoms with Gasteiger partial charge in [-0.3, -0.25) is 19.8 Å². The molecule has 1 fully saturated rings. The molecule has 0 bridgehead atoms. The van der Waals surface area contributed by atoms with Crippen LogP contribution in [-0.2, 0) is 9.59 Å². The third-order valence-corrected chi connectivity index (χ3v) is 3.23. The minimum Gasteiger partial charge on any atom is -0.504 e. The van der Waals surface area contributed by atoms with Crippen LogP contribution in [0.15, 0.2) is 23.8 Å². The number of phenolic OH excluding ortho intramolecular Hbond substituents is 2. The van der Waals surface area contributed by atoms with Crippen molar-refractivity contribution in [3.63, 3.8) is 0 Å². The van der Waals surface area contributed by atoms with E-state index in [2.05, 4.69) is 5.32 Å². The number of nitrogens with zero attached hydrogens (tertiary/aromatic N) is 1. The van der Waals surface area contributed by atoms with E-state index in [1.165, 1.54) is 24.3 Å². The van der Waals surface area contributed by atoms with E-state index in [0.29, 0.717) is 12.0 Å². The Morgan fingerprint density at radius 3 is 2.55 bits per heavy atom. The summed E-state index contributed by atoms with van der Waals surface area (Å²) in [6.45, 7) is 2.15. The third-order valence-electron chi connectivity index (χ3n) is 3.23. The van der Waals surface area contributed by atoms with E-state index in [-0.39, 0.29) is 23.6 Å². The molecular weight excluding hydrogens is 288 g/mol. The minimum absolute atomic E-state index is 0.194. The van der Waals surface area contributed by atoms with Crippen molar-refractivity contribution in [3.05, 3.63) is 29.3 Å². The molecule has 1 aromatic rings. The van der Waals surface area contributed by atoms with Crippen LogP contribution in [0.4, 0.5) is 4.79 Å². The van der Waals surface area contributed by atoms with Crippen LogP contribution in [0.1, 0.15) is 25.3 Å². The number of phenols is 2. The largest absolute Gasteiger partial charge is 0.504 e. The summed E-state index contributed by atoms with van der Waals surface area (Å²) in [6.07, 6.45) is 2.71. The molecule has 0 aliphatic carbocycles. The van der Waals surface area contributed by atoms with Gasteiger partial charge in [0.25, 0.3) is 11.8 Å². The number of carbonyl (C=O) groups is 3. The molecule has 7 heteroatoms. The van der Waals surface area contributed by atoms with Gasteiger partial charge in [-0.25, -0.2) is 4.79 Å². The summed E-state index contributed by atoms with van der Waals surface area (Å²) >= 11 is 0. The molecule has 1 aliphatic heterocycles. The van der Waals surface area contributed by atoms with Gasteiger partial charge >= 0.3 is 6.03 Å². The summed E-state index contributed by atoms with van der Waals surface area (Å²) in [7, 11) is 0. The molecule has 22 heavy (non-hydrogen) atoms. The summed E-state index contributed by atoms with van der Waals surface area (Å²) in [5.74, 6) is -2.12. The standard InChI is InChI=1S/C15H16N2O5/c1-2-3-6-17-14(21)10(13(20)16-15(17)22)7-9-4-5-11(18)12(19)8-9/h4-5,7-8,18-19H,2-3,6H2,1H3,(H,16,20,22)/b10-7+. The lowest BCUT2D eigenvalue weighted by atomic mass is 10.1. The lowest BCUT2D eigenvalue weighted by molar-refractivity contribution is -0.130. The molecule has 0 spiro atoms. The van der Waals surface area contributed by atoms with Crippen LogP contribution in [0.3, 0.4) is 0 Å². The molecule has 1 aromatic carbocycles. The molecule has 0 radical (unpaired) electrons. The molecule has 1 heterocycles. The van der Waals surface area contributed by atoms with Crippen LogP contribution in [0, 0.1) is 0 Å². The van der Waals surface area contributed by atoms with E-state index in [1.807, 2.05) is 6.92 Å². The van der Waals surface area contributed by atoms with Gasteiger partial charge in [0.1, 0.15) is 5.57 Å². The molecule has 1 aliphatic rings. The van der Waals surface area contributed by atoms with Crippen LogP contribution in [0.2, 0.25) is 0 Å². The molecule has 0 aromatic heterocycles. The van der Waals surface area contributed by atoms with Crippen molar-refractivity contribution in [2.45, 2.75) is 19.8 Å². The maximum absolute atomic E-state index is 12.3. The Morgan fingerprint density at radius 2 is 1.91 bits per heavy atom. The Bertz CT molecular complexity index is 666. The zero-order chi connectivity index (χ0) is 16.3. The highest BCUT2D eigenvalue weighted by Crippen LogP contribution is 2.26. The molecule has 0 saturated carbocycles. The predicted octanol–water partition coefficient (Wildman–Crippen LogP) is 1.36. The van der Waals surface area contributed by atoms with Gasteiger partial charge in [0.15, 0.2) is 11.5 Å². The first kappa shape index (κ1) is 15.6. The quantitative estimate of drug-likeness (QED) is 0.442. The number of urea groups is 1. The summed E-state index contributed by atoms with van der Waals surface area (Å²) in [5, 5.41) is 20.8. The number of benzene rings is 1. The van der Waals surface area contributed by atoms with Crippen molar-refractivity contribution in [2.24, 2.45) is 0 Å². The van der Waals surface area contributed by atoms with Gasteiger partial charge in [-0.2, -0.15) is 0 Å². The van der Waals surface area contributed by atoms with Gasteiger partial charge in [0.05, 0.1) is 0 Å². The van der Waals surface area contributed by atoms with Gasteiger partial charge < -0.3 is 10.2 Å². The van der Waals surface area contributed by atoms with Gasteiger partial charge in [-0.05, 0) is 30.2 Å². The number of nitrogens with one attached hydrogen (secondary N) is 1. The molecule has 116 valence electrons. The van der Waals surface area contributed by atoms with Crippen molar-refractivity contribution in [2.75, 3.05) is 6.54 Å². The number of barbiturate groups is 1. The number of amides is 4. The number of carbonyl (C=O) groups excluding carboxylic acids is 3. The van der Waals surface area contributed by atoms with Gasteiger partial charge in [0, 0.05) is 6.54 Å². The van der Waals surface area contributed by atoms with Crippen molar-refractivity contribution in [1.29, 1.82) is 0 Å². The maximum atomic E-state index is 12.3. The molecular formula is C15H16N2O5. The van der Waals surface area contributed by atoms with E-state index in [9.17, 15) is 24.6 Å². The van der Waals surface area contributed by atoms with Crippen LogP contribution >= 0.6 is 0 Å². The lowest BCUT2D eigenvalue weighted by Crippen LogP contribution is -2.54. The normalized spacial score (nSPS) is 17.0. The third kappa shape index (κ3) is 3.08. The number of unbranched alkanes of at least 4 members (excludes halogenated alkanes) is 1. The molecule has 4 amide bonds. The van der Waals surface area contributed by atoms with Crippen molar-refractivity contribution < 1.29 is 24.6 Å². The highest BCUT2D eigenvalue weighted by atomic mass is 16.3. The first-order valence-electron chi connectivity index (χ1n) is 6.85. The van der Waals surface area contributed by atoms with Crippen molar-refractivity contribution in [3.8, 4) is 11.5 Å². The first-order valence-corrected chi connectivity index (χ1v) is 6.85. The summed E-state index contributed by atoms with van der Waals surface area (Å²) in [4.78, 5) is 36.8. The van der Waals surface area contributed by atoms with E-state index in [4.69, 9.17) is 0 Å². The average Bonchev–Trinajstić information content (AvgIpc) is 2.47. The number of rotatable bonds is 4. The smallest absolute Gasteiger partial charge is 0.331 e. The highest BCUT2D eigenvalue weighted by molar-refractivity contribution is 6.31. The van der Waals surface area contributed by atoms with Crippen molar-refractivity contribution >= 4 is 23.9 Å². The number of hydrogen-bond donors (Lipinski definition) is 3. The highest BCUT2D eigenvalue weighted by Gasteiger charge is 2.35. The van der Waals surface area contributed by atoms with E-state index < -0.39 is 17.8 Å². The first-order chi connectivity index (χ1) is 10.4. The predicted molar refractivity (Wildman–Crippen MR) is 77.9 cm³/mol. The van der Waals surface area contributed by atoms with Gasteiger partial charge in [-0.15, -0.1) is 0 Å². The Hall–Kier alpha value is -2.83. The monoisotopic (exact) mass is 304 g/mol. The van der Waals surface area contributed by atoms with Crippen LogP contribution in [0.5, 0.6) is 11.5 Å². The Morgan fingerprint density at radius 1 is 1.18 bits per heavy atom. The second-order valence-electron chi connectivity index (χ2n) is 4.88. The second-order valence-corrected chi connectivity index (χ2v) is 4.88. The van der Waals surface area contributed by atoms with E-state index in [1.54, 1.807) is 0 Å². The molecule has 3 N–H and O–H groups in total. The molecule has 1 saturated heterocycles. The zero-order valence-corrected chi connectivity index (χ0v) is 12.0. The number of hydrogen-bond acceptors (Lipinski definition) is 5. The van der Waals surface area contributed by atoms with Crippen LogP contribution in [-0.4, -0.2) is 39.5 Å². The number of imide groups is 2. The molecule has 7 nitrogen and oxygen atoms in total. The Kier molecular flexibility index (Phi) is 4.45. The van der Waals surface area contributed by atoms with E-state index >= 15 is 0 Å².